The van der Waals surface area contributed by atoms with Gasteiger partial charge in [0, 0.05) is 32.1 Å². The zero-order valence-corrected chi connectivity index (χ0v) is 13.0. The lowest BCUT2D eigenvalue weighted by atomic mass is 10.2. The van der Waals surface area contributed by atoms with E-state index in [1.807, 2.05) is 68.8 Å². The molecule has 2 N–H and O–H groups in total. The van der Waals surface area contributed by atoms with Crippen molar-refractivity contribution in [2.24, 2.45) is 4.99 Å². The van der Waals surface area contributed by atoms with Crippen LogP contribution in [0.15, 0.2) is 53.4 Å². The quantitative estimate of drug-likeness (QED) is 0.846. The summed E-state index contributed by atoms with van der Waals surface area (Å²) in [6.45, 7) is 2.72. The lowest BCUT2D eigenvalue weighted by Gasteiger charge is -2.30. The molecule has 1 unspecified atom stereocenters. The molecule has 22 heavy (non-hydrogen) atoms. The lowest BCUT2D eigenvalue weighted by molar-refractivity contribution is -0.762. The summed E-state index contributed by atoms with van der Waals surface area (Å²) in [6.07, 6.45) is 5.76. The van der Waals surface area contributed by atoms with Crippen LogP contribution in [0.1, 0.15) is 5.56 Å². The molecule has 1 atom stereocenters. The zero-order chi connectivity index (χ0) is 15.7. The van der Waals surface area contributed by atoms with E-state index in [9.17, 15) is 4.79 Å². The first-order valence-electron chi connectivity index (χ1n) is 7.19. The Labute approximate surface area is 130 Å². The van der Waals surface area contributed by atoms with Crippen LogP contribution in [0.3, 0.4) is 0 Å². The number of hydrogen-bond donors (Lipinski definition) is 2. The Morgan fingerprint density at radius 3 is 2.95 bits per heavy atom. The van der Waals surface area contributed by atoms with E-state index >= 15 is 0 Å². The molecule has 6 nitrogen and oxygen atoms in total. The number of anilines is 1. The molecule has 0 spiro atoms. The number of aliphatic imine (C=N–C) groups is 1. The third-order valence-corrected chi connectivity index (χ3v) is 3.64. The molecule has 6 heteroatoms. The summed E-state index contributed by atoms with van der Waals surface area (Å²) in [7, 11) is 3.97. The van der Waals surface area contributed by atoms with Gasteiger partial charge in [-0.15, -0.1) is 0 Å². The average Bonchev–Trinajstić information content (AvgIpc) is 2.90. The minimum Gasteiger partial charge on any atom is -0.320 e. The van der Waals surface area contributed by atoms with Gasteiger partial charge in [-0.3, -0.25) is 9.80 Å². The molecule has 1 aromatic rings. The third kappa shape index (κ3) is 2.93. The monoisotopic (exact) mass is 298 g/mol. The first-order chi connectivity index (χ1) is 10.5. The van der Waals surface area contributed by atoms with Crippen molar-refractivity contribution in [3.05, 3.63) is 54.0 Å². The Hall–Kier alpha value is -2.44. The molecule has 0 saturated heterocycles. The fourth-order valence-electron chi connectivity index (χ4n) is 2.44. The van der Waals surface area contributed by atoms with E-state index < -0.39 is 0 Å². The van der Waals surface area contributed by atoms with E-state index in [0.717, 1.165) is 28.7 Å². The number of amidine groups is 1. The van der Waals surface area contributed by atoms with Crippen molar-refractivity contribution in [1.82, 2.24) is 10.0 Å². The second-order valence-corrected chi connectivity index (χ2v) is 5.64. The van der Waals surface area contributed by atoms with Gasteiger partial charge in [0.15, 0.2) is 12.4 Å². The molecule has 1 amide bonds. The number of amides is 1. The predicted molar refractivity (Wildman–Crippen MR) is 85.8 cm³/mol. The Morgan fingerprint density at radius 2 is 2.23 bits per heavy atom. The minimum atomic E-state index is -0.176. The van der Waals surface area contributed by atoms with Crippen molar-refractivity contribution in [3.8, 4) is 0 Å². The predicted octanol–water partition coefficient (Wildman–Crippen LogP) is 0.335. The number of benzene rings is 1. The number of fused-ring (bicyclic) bond motifs is 1. The van der Waals surface area contributed by atoms with E-state index in [0.29, 0.717) is 5.70 Å². The maximum atomic E-state index is 12.3. The van der Waals surface area contributed by atoms with E-state index in [1.54, 1.807) is 0 Å². The SMILES string of the molecule is Cc1cccc(NC(=O)C2=C[NH+]3CN(N(C)C)C=CC3=N2)c1. The van der Waals surface area contributed by atoms with Gasteiger partial charge in [-0.1, -0.05) is 12.1 Å². The number of rotatable bonds is 3. The van der Waals surface area contributed by atoms with Crippen LogP contribution in [-0.4, -0.2) is 42.5 Å². The summed E-state index contributed by atoms with van der Waals surface area (Å²) in [6, 6.07) is 7.73. The van der Waals surface area contributed by atoms with Gasteiger partial charge in [0.05, 0.1) is 0 Å². The van der Waals surface area contributed by atoms with Gasteiger partial charge < -0.3 is 5.32 Å². The van der Waals surface area contributed by atoms with Crippen LogP contribution in [-0.2, 0) is 4.79 Å². The summed E-state index contributed by atoms with van der Waals surface area (Å²) in [5, 5.41) is 6.95. The largest absolute Gasteiger partial charge is 0.320 e. The number of nitrogens with zero attached hydrogens (tertiary/aromatic N) is 3. The summed E-state index contributed by atoms with van der Waals surface area (Å²) >= 11 is 0. The Morgan fingerprint density at radius 1 is 1.41 bits per heavy atom. The smallest absolute Gasteiger partial charge is 0.280 e. The van der Waals surface area contributed by atoms with Gasteiger partial charge in [0.1, 0.15) is 6.20 Å². The topological polar surface area (TPSA) is 52.4 Å². The van der Waals surface area contributed by atoms with E-state index in [-0.39, 0.29) is 5.91 Å². The molecule has 2 heterocycles. The first kappa shape index (κ1) is 14.5. The maximum Gasteiger partial charge on any atom is 0.280 e. The molecule has 0 radical (unpaired) electrons. The van der Waals surface area contributed by atoms with Crippen molar-refractivity contribution in [2.45, 2.75) is 6.92 Å². The van der Waals surface area contributed by atoms with E-state index in [2.05, 4.69) is 15.3 Å². The molecular weight excluding hydrogens is 278 g/mol. The fraction of sp³-hybridized carbons (Fsp3) is 0.250. The highest BCUT2D eigenvalue weighted by Gasteiger charge is 2.30. The normalized spacial score (nSPS) is 19.8. The maximum absolute atomic E-state index is 12.3. The Balaban J connectivity index is 1.72. The molecular formula is C16H20N5O+. The molecule has 2 aliphatic rings. The van der Waals surface area contributed by atoms with Crippen molar-refractivity contribution < 1.29 is 9.69 Å². The number of carbonyl (C=O) groups is 1. The highest BCUT2D eigenvalue weighted by atomic mass is 16.2. The van der Waals surface area contributed by atoms with Crippen LogP contribution in [0, 0.1) is 6.92 Å². The van der Waals surface area contributed by atoms with Crippen molar-refractivity contribution in [3.63, 3.8) is 0 Å². The van der Waals surface area contributed by atoms with Gasteiger partial charge in [-0.2, -0.15) is 4.99 Å². The van der Waals surface area contributed by atoms with Crippen LogP contribution >= 0.6 is 0 Å². The van der Waals surface area contributed by atoms with E-state index in [4.69, 9.17) is 0 Å². The van der Waals surface area contributed by atoms with Gasteiger partial charge in [-0.05, 0) is 24.6 Å². The number of quaternary nitrogens is 1. The molecule has 0 fully saturated rings. The van der Waals surface area contributed by atoms with Gasteiger partial charge in [0.25, 0.3) is 5.91 Å². The van der Waals surface area contributed by atoms with Gasteiger partial charge in [0.2, 0.25) is 5.84 Å². The Kier molecular flexibility index (Phi) is 3.79. The highest BCUT2D eigenvalue weighted by molar-refractivity contribution is 6.06. The highest BCUT2D eigenvalue weighted by Crippen LogP contribution is 2.12. The number of aryl methyl sites for hydroxylation is 1. The second-order valence-electron chi connectivity index (χ2n) is 5.64. The number of carbonyl (C=O) groups excluding carboxylic acids is 1. The molecule has 3 rings (SSSR count). The van der Waals surface area contributed by atoms with Crippen LogP contribution in [0.2, 0.25) is 0 Å². The first-order valence-corrected chi connectivity index (χ1v) is 7.19. The third-order valence-electron chi connectivity index (χ3n) is 3.64. The van der Waals surface area contributed by atoms with Crippen LogP contribution in [0.5, 0.6) is 0 Å². The van der Waals surface area contributed by atoms with Crippen LogP contribution in [0.25, 0.3) is 0 Å². The molecule has 1 aromatic carbocycles. The molecule has 114 valence electrons. The van der Waals surface area contributed by atoms with E-state index in [1.165, 1.54) is 0 Å². The molecule has 0 aromatic heterocycles. The molecule has 0 bridgehead atoms. The molecule has 0 saturated carbocycles. The molecule has 0 aliphatic carbocycles. The average molecular weight is 298 g/mol. The van der Waals surface area contributed by atoms with Crippen LogP contribution in [0.4, 0.5) is 5.69 Å². The number of nitrogens with one attached hydrogen (secondary N) is 2. The summed E-state index contributed by atoms with van der Waals surface area (Å²) in [4.78, 5) is 17.8. The van der Waals surface area contributed by atoms with Crippen LogP contribution < -0.4 is 10.2 Å². The number of hydrazine groups is 1. The van der Waals surface area contributed by atoms with Gasteiger partial charge >= 0.3 is 0 Å². The summed E-state index contributed by atoms with van der Waals surface area (Å²) in [5.74, 6) is 0.692. The fourth-order valence-corrected chi connectivity index (χ4v) is 2.44. The number of hydrogen-bond acceptors (Lipinski definition) is 4. The Bertz CT molecular complexity index is 690. The van der Waals surface area contributed by atoms with Gasteiger partial charge in [-0.25, -0.2) is 9.91 Å². The minimum absolute atomic E-state index is 0.176. The molecule has 2 aliphatic heterocycles. The summed E-state index contributed by atoms with van der Waals surface area (Å²) < 4.78 is 0. The standard InChI is InChI=1S/C16H19N5O/c1-12-5-4-6-13(9-12)17-16(22)14-10-20-11-21(19(2)3)8-7-15(20)18-14/h4-10H,11H2,1-3H3,(H,17,22)/p+1. The zero-order valence-electron chi connectivity index (χ0n) is 13.0. The second kappa shape index (κ2) is 5.75. The van der Waals surface area contributed by atoms with Crippen molar-refractivity contribution >= 4 is 17.4 Å². The van der Waals surface area contributed by atoms with Crippen molar-refractivity contribution in [1.29, 1.82) is 0 Å². The summed E-state index contributed by atoms with van der Waals surface area (Å²) in [5.41, 5.74) is 2.35. The lowest BCUT2D eigenvalue weighted by Crippen LogP contribution is -3.11. The van der Waals surface area contributed by atoms with Crippen molar-refractivity contribution in [2.75, 3.05) is 26.1 Å².